The predicted octanol–water partition coefficient (Wildman–Crippen LogP) is 0.594. The van der Waals surface area contributed by atoms with Crippen molar-refractivity contribution in [3.05, 3.63) is 23.8 Å². The highest BCUT2D eigenvalue weighted by Crippen LogP contribution is 2.29. The SMILES string of the molecule is CC1=CC2C=NN(C3CCC(=O)NC3=O)C2C=C1. The lowest BCUT2D eigenvalue weighted by molar-refractivity contribution is -0.137. The van der Waals surface area contributed by atoms with Crippen LogP contribution >= 0.6 is 0 Å². The van der Waals surface area contributed by atoms with Gasteiger partial charge in [0.2, 0.25) is 5.91 Å². The van der Waals surface area contributed by atoms with Crippen LogP contribution in [0, 0.1) is 5.92 Å². The summed E-state index contributed by atoms with van der Waals surface area (Å²) in [4.78, 5) is 23.0. The second-order valence-corrected chi connectivity index (χ2v) is 4.95. The van der Waals surface area contributed by atoms with Gasteiger partial charge < -0.3 is 0 Å². The number of carbonyl (C=O) groups excluding carboxylic acids is 2. The highest BCUT2D eigenvalue weighted by atomic mass is 16.2. The lowest BCUT2D eigenvalue weighted by Crippen LogP contribution is -2.53. The summed E-state index contributed by atoms with van der Waals surface area (Å²) in [6.45, 7) is 2.05. The summed E-state index contributed by atoms with van der Waals surface area (Å²) in [5.74, 6) is -0.185. The number of hydrazone groups is 1. The van der Waals surface area contributed by atoms with Crippen molar-refractivity contribution in [1.29, 1.82) is 0 Å². The Hall–Kier alpha value is -1.91. The minimum absolute atomic E-state index is 0.109. The molecule has 5 heteroatoms. The van der Waals surface area contributed by atoms with E-state index in [1.165, 1.54) is 5.57 Å². The Labute approximate surface area is 105 Å². The van der Waals surface area contributed by atoms with Crippen molar-refractivity contribution in [1.82, 2.24) is 10.3 Å². The van der Waals surface area contributed by atoms with Gasteiger partial charge in [-0.3, -0.25) is 19.9 Å². The van der Waals surface area contributed by atoms with E-state index in [9.17, 15) is 9.59 Å². The number of fused-ring (bicyclic) bond motifs is 1. The van der Waals surface area contributed by atoms with E-state index in [0.717, 1.165) is 0 Å². The Balaban J connectivity index is 1.79. The quantitative estimate of drug-likeness (QED) is 0.688. The van der Waals surface area contributed by atoms with Crippen molar-refractivity contribution in [2.75, 3.05) is 0 Å². The Kier molecular flexibility index (Phi) is 2.54. The number of hydrogen-bond donors (Lipinski definition) is 1. The van der Waals surface area contributed by atoms with Crippen LogP contribution in [0.15, 0.2) is 28.9 Å². The fraction of sp³-hybridized carbons (Fsp3) is 0.462. The van der Waals surface area contributed by atoms with Gasteiger partial charge in [0.05, 0.1) is 6.04 Å². The zero-order valence-corrected chi connectivity index (χ0v) is 10.2. The van der Waals surface area contributed by atoms with Crippen molar-refractivity contribution in [3.8, 4) is 0 Å². The Morgan fingerprint density at radius 3 is 3.06 bits per heavy atom. The third-order valence-electron chi connectivity index (χ3n) is 3.61. The van der Waals surface area contributed by atoms with Crippen molar-refractivity contribution < 1.29 is 9.59 Å². The van der Waals surface area contributed by atoms with Crippen LogP contribution in [0.4, 0.5) is 0 Å². The number of nitrogens with zero attached hydrogens (tertiary/aromatic N) is 2. The zero-order chi connectivity index (χ0) is 12.7. The summed E-state index contributed by atoms with van der Waals surface area (Å²) in [6, 6.07) is -0.219. The lowest BCUT2D eigenvalue weighted by atomic mass is 9.92. The van der Waals surface area contributed by atoms with E-state index in [1.807, 2.05) is 11.2 Å². The molecule has 3 atom stereocenters. The minimum atomic E-state index is -0.328. The molecule has 2 heterocycles. The Bertz CT molecular complexity index is 492. The van der Waals surface area contributed by atoms with Crippen molar-refractivity contribution in [2.45, 2.75) is 31.8 Å². The molecule has 94 valence electrons. The monoisotopic (exact) mass is 245 g/mol. The highest BCUT2D eigenvalue weighted by Gasteiger charge is 2.39. The van der Waals surface area contributed by atoms with E-state index in [-0.39, 0.29) is 29.8 Å². The van der Waals surface area contributed by atoms with Crippen LogP contribution in [0.2, 0.25) is 0 Å². The number of hydrogen-bond acceptors (Lipinski definition) is 4. The van der Waals surface area contributed by atoms with Crippen LogP contribution in [-0.4, -0.2) is 35.1 Å². The van der Waals surface area contributed by atoms with Crippen molar-refractivity contribution >= 4 is 18.0 Å². The van der Waals surface area contributed by atoms with Crippen LogP contribution in [0.5, 0.6) is 0 Å². The fourth-order valence-electron chi connectivity index (χ4n) is 2.69. The standard InChI is InChI=1S/C13H15N3O2/c1-8-2-3-10-9(6-8)7-14-16(10)11-4-5-12(17)15-13(11)18/h2-3,6-7,9-11H,4-5H2,1H3,(H,15,17,18). The normalized spacial score (nSPS) is 34.4. The molecule has 0 aromatic heterocycles. The van der Waals surface area contributed by atoms with Gasteiger partial charge in [-0.2, -0.15) is 5.10 Å². The summed E-state index contributed by atoms with van der Waals surface area (Å²) in [5, 5.41) is 8.56. The third-order valence-corrected chi connectivity index (χ3v) is 3.61. The molecule has 5 nitrogen and oxygen atoms in total. The van der Waals surface area contributed by atoms with Gasteiger partial charge in [0.1, 0.15) is 6.04 Å². The van der Waals surface area contributed by atoms with Crippen molar-refractivity contribution in [2.24, 2.45) is 11.0 Å². The van der Waals surface area contributed by atoms with E-state index < -0.39 is 0 Å². The number of nitrogens with one attached hydrogen (secondary N) is 1. The molecule has 1 aliphatic carbocycles. The van der Waals surface area contributed by atoms with Crippen LogP contribution < -0.4 is 5.32 Å². The van der Waals surface area contributed by atoms with Gasteiger partial charge >= 0.3 is 0 Å². The summed E-state index contributed by atoms with van der Waals surface area (Å²) in [5.41, 5.74) is 1.22. The van der Waals surface area contributed by atoms with E-state index >= 15 is 0 Å². The summed E-state index contributed by atoms with van der Waals surface area (Å²) >= 11 is 0. The Morgan fingerprint density at radius 2 is 2.28 bits per heavy atom. The first kappa shape index (κ1) is 11.2. The molecular formula is C13H15N3O2. The topological polar surface area (TPSA) is 61.8 Å². The molecule has 0 radical (unpaired) electrons. The Morgan fingerprint density at radius 1 is 1.44 bits per heavy atom. The number of carbonyl (C=O) groups is 2. The van der Waals surface area contributed by atoms with Crippen LogP contribution in [-0.2, 0) is 9.59 Å². The first-order chi connectivity index (χ1) is 8.65. The molecule has 1 N–H and O–H groups in total. The van der Waals surface area contributed by atoms with E-state index in [1.54, 1.807) is 0 Å². The van der Waals surface area contributed by atoms with E-state index in [0.29, 0.717) is 12.8 Å². The third kappa shape index (κ3) is 1.75. The molecule has 1 saturated heterocycles. The van der Waals surface area contributed by atoms with Crippen molar-refractivity contribution in [3.63, 3.8) is 0 Å². The first-order valence-electron chi connectivity index (χ1n) is 6.18. The molecule has 0 spiro atoms. The largest absolute Gasteiger partial charge is 0.295 e. The van der Waals surface area contributed by atoms with Crippen LogP contribution in [0.3, 0.4) is 0 Å². The highest BCUT2D eigenvalue weighted by molar-refractivity contribution is 6.00. The maximum absolute atomic E-state index is 11.8. The maximum atomic E-state index is 11.8. The number of amides is 2. The van der Waals surface area contributed by atoms with E-state index in [4.69, 9.17) is 0 Å². The predicted molar refractivity (Wildman–Crippen MR) is 66.7 cm³/mol. The van der Waals surface area contributed by atoms with Gasteiger partial charge in [0.25, 0.3) is 5.91 Å². The van der Waals surface area contributed by atoms with Gasteiger partial charge in [-0.05, 0) is 13.3 Å². The molecule has 1 fully saturated rings. The molecule has 3 rings (SSSR count). The molecule has 2 aliphatic heterocycles. The van der Waals surface area contributed by atoms with Gasteiger partial charge in [0, 0.05) is 18.6 Å². The number of allylic oxidation sites excluding steroid dienone is 2. The lowest BCUT2D eigenvalue weighted by Gasteiger charge is -2.34. The first-order valence-corrected chi connectivity index (χ1v) is 6.18. The molecule has 18 heavy (non-hydrogen) atoms. The molecule has 0 saturated carbocycles. The number of imide groups is 1. The molecule has 0 aromatic rings. The van der Waals surface area contributed by atoms with Gasteiger partial charge in [-0.25, -0.2) is 0 Å². The molecule has 0 bridgehead atoms. The summed E-state index contributed by atoms with van der Waals surface area (Å²) in [6.07, 6.45) is 9.09. The zero-order valence-electron chi connectivity index (χ0n) is 10.2. The minimum Gasteiger partial charge on any atom is -0.295 e. The molecular weight excluding hydrogens is 230 g/mol. The summed E-state index contributed by atoms with van der Waals surface area (Å²) < 4.78 is 0. The van der Waals surface area contributed by atoms with Crippen LogP contribution in [0.25, 0.3) is 0 Å². The maximum Gasteiger partial charge on any atom is 0.251 e. The summed E-state index contributed by atoms with van der Waals surface area (Å²) in [7, 11) is 0. The molecule has 3 unspecified atom stereocenters. The molecule has 0 aromatic carbocycles. The van der Waals surface area contributed by atoms with Crippen LogP contribution in [0.1, 0.15) is 19.8 Å². The molecule has 2 amide bonds. The smallest absolute Gasteiger partial charge is 0.251 e. The number of piperidine rings is 1. The van der Waals surface area contributed by atoms with Gasteiger partial charge in [-0.1, -0.05) is 23.8 Å². The fourth-order valence-corrected chi connectivity index (χ4v) is 2.69. The average molecular weight is 245 g/mol. The second kappa shape index (κ2) is 4.08. The average Bonchev–Trinajstić information content (AvgIpc) is 2.72. The second-order valence-electron chi connectivity index (χ2n) is 4.95. The number of rotatable bonds is 1. The van der Waals surface area contributed by atoms with Gasteiger partial charge in [-0.15, -0.1) is 0 Å². The molecule has 3 aliphatic rings. The van der Waals surface area contributed by atoms with E-state index in [2.05, 4.69) is 35.6 Å². The van der Waals surface area contributed by atoms with Gasteiger partial charge in [0.15, 0.2) is 0 Å².